The van der Waals surface area contributed by atoms with Crippen LogP contribution in [0.25, 0.3) is 0 Å². The number of amides is 1. The lowest BCUT2D eigenvalue weighted by Crippen LogP contribution is -2.46. The van der Waals surface area contributed by atoms with Crippen molar-refractivity contribution in [2.24, 2.45) is 0 Å². The van der Waals surface area contributed by atoms with Crippen LogP contribution in [0.15, 0.2) is 53.4 Å². The number of carbonyl (C=O) groups is 1. The summed E-state index contributed by atoms with van der Waals surface area (Å²) in [6.07, 6.45) is 1.81. The van der Waals surface area contributed by atoms with Gasteiger partial charge in [0.05, 0.1) is 5.25 Å². The number of halogens is 2. The molecule has 1 atom stereocenters. The molecule has 0 radical (unpaired) electrons. The summed E-state index contributed by atoms with van der Waals surface area (Å²) in [6, 6.07) is 13.9. The summed E-state index contributed by atoms with van der Waals surface area (Å²) in [7, 11) is 0. The molecule has 1 saturated heterocycles. The molecule has 0 aliphatic carbocycles. The number of hydrogen-bond donors (Lipinski definition) is 1. The molecule has 0 aromatic heterocycles. The van der Waals surface area contributed by atoms with Crippen molar-refractivity contribution in [3.63, 3.8) is 0 Å². The molecule has 1 amide bonds. The molecule has 3 rings (SSSR count). The lowest BCUT2D eigenvalue weighted by molar-refractivity contribution is -0.121. The Hall–Kier alpha value is -1.92. The highest BCUT2D eigenvalue weighted by Gasteiger charge is 2.24. The van der Waals surface area contributed by atoms with E-state index in [-0.39, 0.29) is 16.8 Å². The van der Waals surface area contributed by atoms with E-state index in [9.17, 15) is 13.6 Å². The summed E-state index contributed by atoms with van der Waals surface area (Å²) in [5, 5.41) is 2.63. The Labute approximate surface area is 163 Å². The Bertz CT molecular complexity index is 764. The summed E-state index contributed by atoms with van der Waals surface area (Å²) in [5.41, 5.74) is 1.30. The average Bonchev–Trinajstić information content (AvgIpc) is 2.66. The minimum Gasteiger partial charge on any atom is -0.352 e. The molecule has 144 valence electrons. The maximum absolute atomic E-state index is 13.8. The first-order valence-electron chi connectivity index (χ1n) is 9.19. The number of thioether (sulfide) groups is 1. The number of likely N-dealkylation sites (tertiary alicyclic amines) is 1. The van der Waals surface area contributed by atoms with Crippen LogP contribution < -0.4 is 5.32 Å². The number of nitrogens with one attached hydrogen (secondary N) is 1. The van der Waals surface area contributed by atoms with Crippen molar-refractivity contribution in [2.75, 3.05) is 13.1 Å². The van der Waals surface area contributed by atoms with E-state index in [2.05, 4.69) is 22.3 Å². The Morgan fingerprint density at radius 2 is 1.89 bits per heavy atom. The highest BCUT2D eigenvalue weighted by molar-refractivity contribution is 8.00. The maximum atomic E-state index is 13.8. The average molecular weight is 390 g/mol. The Morgan fingerprint density at radius 1 is 1.19 bits per heavy atom. The Kier molecular flexibility index (Phi) is 6.85. The molecule has 1 fully saturated rings. The van der Waals surface area contributed by atoms with E-state index >= 15 is 0 Å². The zero-order chi connectivity index (χ0) is 19.2. The molecule has 1 aliphatic heterocycles. The van der Waals surface area contributed by atoms with Crippen molar-refractivity contribution < 1.29 is 13.6 Å². The van der Waals surface area contributed by atoms with Crippen LogP contribution in [-0.2, 0) is 11.3 Å². The quantitative estimate of drug-likeness (QED) is 0.750. The van der Waals surface area contributed by atoms with E-state index in [1.165, 1.54) is 17.7 Å². The third kappa shape index (κ3) is 5.78. The van der Waals surface area contributed by atoms with E-state index in [1.54, 1.807) is 6.92 Å². The van der Waals surface area contributed by atoms with Crippen molar-refractivity contribution in [3.8, 4) is 0 Å². The molecule has 0 bridgehead atoms. The van der Waals surface area contributed by atoms with Gasteiger partial charge in [0.1, 0.15) is 11.6 Å². The van der Waals surface area contributed by atoms with Gasteiger partial charge < -0.3 is 5.32 Å². The van der Waals surface area contributed by atoms with Crippen LogP contribution >= 0.6 is 11.8 Å². The molecule has 1 aliphatic rings. The second kappa shape index (κ2) is 9.33. The first-order chi connectivity index (χ1) is 13.0. The van der Waals surface area contributed by atoms with Gasteiger partial charge in [-0.3, -0.25) is 9.69 Å². The molecular weight excluding hydrogens is 366 g/mol. The van der Waals surface area contributed by atoms with Gasteiger partial charge in [0, 0.05) is 36.6 Å². The first-order valence-corrected chi connectivity index (χ1v) is 10.1. The lowest BCUT2D eigenvalue weighted by Gasteiger charge is -2.32. The molecule has 2 aromatic rings. The van der Waals surface area contributed by atoms with E-state index in [4.69, 9.17) is 0 Å². The second-order valence-corrected chi connectivity index (χ2v) is 8.26. The fourth-order valence-corrected chi connectivity index (χ4v) is 4.08. The van der Waals surface area contributed by atoms with E-state index in [0.717, 1.165) is 50.3 Å². The predicted molar refractivity (Wildman–Crippen MR) is 105 cm³/mol. The largest absolute Gasteiger partial charge is 0.352 e. The molecule has 0 saturated carbocycles. The molecule has 3 nitrogen and oxygen atoms in total. The van der Waals surface area contributed by atoms with Crippen molar-refractivity contribution >= 4 is 17.7 Å². The van der Waals surface area contributed by atoms with Crippen LogP contribution in [0.1, 0.15) is 25.3 Å². The van der Waals surface area contributed by atoms with Crippen LogP contribution in [0.5, 0.6) is 0 Å². The molecule has 1 heterocycles. The maximum Gasteiger partial charge on any atom is 0.233 e. The lowest BCUT2D eigenvalue weighted by atomic mass is 10.0. The zero-order valence-electron chi connectivity index (χ0n) is 15.3. The van der Waals surface area contributed by atoms with Gasteiger partial charge in [-0.25, -0.2) is 8.78 Å². The summed E-state index contributed by atoms with van der Waals surface area (Å²) in [5.74, 6) is -1.35. The normalized spacial score (nSPS) is 16.9. The van der Waals surface area contributed by atoms with E-state index < -0.39 is 16.9 Å². The third-order valence-corrected chi connectivity index (χ3v) is 5.90. The van der Waals surface area contributed by atoms with Gasteiger partial charge in [-0.05, 0) is 37.5 Å². The van der Waals surface area contributed by atoms with Gasteiger partial charge >= 0.3 is 0 Å². The Balaban J connectivity index is 1.44. The van der Waals surface area contributed by atoms with Crippen LogP contribution in [-0.4, -0.2) is 35.2 Å². The number of nitrogens with zero attached hydrogens (tertiary/aromatic N) is 1. The van der Waals surface area contributed by atoms with Gasteiger partial charge in [0.2, 0.25) is 5.91 Å². The van der Waals surface area contributed by atoms with Crippen molar-refractivity contribution in [1.29, 1.82) is 0 Å². The smallest absolute Gasteiger partial charge is 0.233 e. The van der Waals surface area contributed by atoms with Gasteiger partial charge in [-0.2, -0.15) is 0 Å². The highest BCUT2D eigenvalue weighted by atomic mass is 32.2. The zero-order valence-corrected chi connectivity index (χ0v) is 16.1. The fourth-order valence-electron chi connectivity index (χ4n) is 3.21. The van der Waals surface area contributed by atoms with Crippen molar-refractivity contribution in [2.45, 2.75) is 42.5 Å². The number of carbonyl (C=O) groups excluding carboxylic acids is 1. The van der Waals surface area contributed by atoms with Crippen LogP contribution in [0.3, 0.4) is 0 Å². The summed E-state index contributed by atoms with van der Waals surface area (Å²) in [4.78, 5) is 15.1. The SMILES string of the molecule is CC(Sc1ccc(F)cc1F)C(=O)NC1CCN(Cc2ccccc2)CC1. The molecular formula is C21H24F2N2OS. The third-order valence-electron chi connectivity index (χ3n) is 4.75. The predicted octanol–water partition coefficient (Wildman–Crippen LogP) is 4.23. The van der Waals surface area contributed by atoms with Crippen LogP contribution in [0, 0.1) is 11.6 Å². The van der Waals surface area contributed by atoms with Gasteiger partial charge in [-0.15, -0.1) is 11.8 Å². The summed E-state index contributed by atoms with van der Waals surface area (Å²) in [6.45, 7) is 4.55. The summed E-state index contributed by atoms with van der Waals surface area (Å²) < 4.78 is 26.7. The first kappa shape index (κ1) is 19.8. The molecule has 0 spiro atoms. The Morgan fingerprint density at radius 3 is 2.56 bits per heavy atom. The molecule has 2 aromatic carbocycles. The van der Waals surface area contributed by atoms with Gasteiger partial charge in [0.25, 0.3) is 0 Å². The van der Waals surface area contributed by atoms with Crippen LogP contribution in [0.2, 0.25) is 0 Å². The number of hydrogen-bond acceptors (Lipinski definition) is 3. The van der Waals surface area contributed by atoms with Crippen LogP contribution in [0.4, 0.5) is 8.78 Å². The molecule has 6 heteroatoms. The minimum atomic E-state index is -0.631. The van der Waals surface area contributed by atoms with Gasteiger partial charge in [-0.1, -0.05) is 30.3 Å². The number of rotatable bonds is 6. The van der Waals surface area contributed by atoms with Gasteiger partial charge in [0.15, 0.2) is 0 Å². The molecule has 27 heavy (non-hydrogen) atoms. The standard InChI is InChI=1S/C21H24F2N2OS/c1-15(27-20-8-7-17(22)13-19(20)23)21(26)24-18-9-11-25(12-10-18)14-16-5-3-2-4-6-16/h2-8,13,15,18H,9-12,14H2,1H3,(H,24,26). The minimum absolute atomic E-state index is 0.106. The van der Waals surface area contributed by atoms with Crippen molar-refractivity contribution in [3.05, 3.63) is 65.7 Å². The topological polar surface area (TPSA) is 32.3 Å². The second-order valence-electron chi connectivity index (χ2n) is 6.88. The molecule has 1 N–H and O–H groups in total. The summed E-state index contributed by atoms with van der Waals surface area (Å²) >= 11 is 1.11. The van der Waals surface area contributed by atoms with E-state index in [0.29, 0.717) is 0 Å². The highest BCUT2D eigenvalue weighted by Crippen LogP contribution is 2.27. The monoisotopic (exact) mass is 390 g/mol. The number of piperidine rings is 1. The fraction of sp³-hybridized carbons (Fsp3) is 0.381. The number of benzene rings is 2. The van der Waals surface area contributed by atoms with E-state index in [1.807, 2.05) is 18.2 Å². The van der Waals surface area contributed by atoms with Crippen molar-refractivity contribution in [1.82, 2.24) is 10.2 Å². The molecule has 1 unspecified atom stereocenters.